The summed E-state index contributed by atoms with van der Waals surface area (Å²) < 4.78 is 0. The van der Waals surface area contributed by atoms with E-state index in [-0.39, 0.29) is 29.2 Å². The Morgan fingerprint density at radius 2 is 1.94 bits per heavy atom. The molecule has 1 aliphatic carbocycles. The maximum Gasteiger partial charge on any atom is 0.251 e. The quantitative estimate of drug-likeness (QED) is 0.614. The van der Waals surface area contributed by atoms with Gasteiger partial charge in [-0.05, 0) is 60.4 Å². The highest BCUT2D eigenvalue weighted by molar-refractivity contribution is 5.95. The van der Waals surface area contributed by atoms with Crippen LogP contribution in [0, 0.1) is 22.7 Å². The minimum atomic E-state index is -0.202. The highest BCUT2D eigenvalue weighted by Gasteiger charge is 2.44. The van der Waals surface area contributed by atoms with Crippen LogP contribution < -0.4 is 16.0 Å². The third-order valence-electron chi connectivity index (χ3n) is 6.51. The summed E-state index contributed by atoms with van der Waals surface area (Å²) in [7, 11) is 0. The van der Waals surface area contributed by atoms with Crippen LogP contribution in [0.4, 0.5) is 11.4 Å². The third-order valence-corrected chi connectivity index (χ3v) is 6.51. The van der Waals surface area contributed by atoms with Gasteiger partial charge in [0.1, 0.15) is 0 Å². The zero-order valence-corrected chi connectivity index (χ0v) is 18.6. The monoisotopic (exact) mass is 428 g/mol. The molecule has 3 atom stereocenters. The SMILES string of the molecule is CC(=O)Nc1ccc(C(=O)NCC(C)(C)[C@H]2Nc3ccc(C#N)cc3[C@H]3C=CC[C@H]32)cc1. The van der Waals surface area contributed by atoms with E-state index in [9.17, 15) is 14.9 Å². The van der Waals surface area contributed by atoms with Gasteiger partial charge in [0.15, 0.2) is 0 Å². The van der Waals surface area contributed by atoms with Gasteiger partial charge in [-0.2, -0.15) is 5.26 Å². The Morgan fingerprint density at radius 3 is 2.62 bits per heavy atom. The van der Waals surface area contributed by atoms with Crippen LogP contribution in [0.2, 0.25) is 0 Å². The predicted octanol–water partition coefficient (Wildman–Crippen LogP) is 4.43. The van der Waals surface area contributed by atoms with Gasteiger partial charge < -0.3 is 16.0 Å². The summed E-state index contributed by atoms with van der Waals surface area (Å²) in [4.78, 5) is 23.9. The Hall–Kier alpha value is -3.59. The van der Waals surface area contributed by atoms with Crippen LogP contribution in [-0.4, -0.2) is 24.4 Å². The molecule has 2 aliphatic rings. The van der Waals surface area contributed by atoms with Crippen LogP contribution in [0.5, 0.6) is 0 Å². The number of fused-ring (bicyclic) bond motifs is 3. The zero-order chi connectivity index (χ0) is 22.9. The van der Waals surface area contributed by atoms with Crippen molar-refractivity contribution in [3.63, 3.8) is 0 Å². The minimum Gasteiger partial charge on any atom is -0.381 e. The molecule has 0 fully saturated rings. The molecule has 0 radical (unpaired) electrons. The van der Waals surface area contributed by atoms with Gasteiger partial charge in [-0.25, -0.2) is 0 Å². The number of carbonyl (C=O) groups is 2. The molecule has 1 aliphatic heterocycles. The molecule has 0 saturated heterocycles. The van der Waals surface area contributed by atoms with Crippen LogP contribution in [0.3, 0.4) is 0 Å². The molecule has 0 aromatic heterocycles. The molecule has 4 rings (SSSR count). The molecule has 6 heteroatoms. The van der Waals surface area contributed by atoms with Crippen molar-refractivity contribution in [2.75, 3.05) is 17.2 Å². The smallest absolute Gasteiger partial charge is 0.251 e. The number of amides is 2. The van der Waals surface area contributed by atoms with Gasteiger partial charge in [0.2, 0.25) is 5.91 Å². The van der Waals surface area contributed by atoms with Gasteiger partial charge in [-0.3, -0.25) is 9.59 Å². The van der Waals surface area contributed by atoms with E-state index in [4.69, 9.17) is 0 Å². The summed E-state index contributed by atoms with van der Waals surface area (Å²) in [5.41, 5.74) is 3.94. The Kier molecular flexibility index (Phi) is 5.75. The summed E-state index contributed by atoms with van der Waals surface area (Å²) in [5.74, 6) is 0.374. The second-order valence-electron chi connectivity index (χ2n) is 9.32. The minimum absolute atomic E-state index is 0.136. The van der Waals surface area contributed by atoms with Crippen molar-refractivity contribution >= 4 is 23.2 Å². The number of carbonyl (C=O) groups excluding carboxylic acids is 2. The fourth-order valence-corrected chi connectivity index (χ4v) is 4.87. The number of rotatable bonds is 5. The summed E-state index contributed by atoms with van der Waals surface area (Å²) in [6.07, 6.45) is 5.45. The van der Waals surface area contributed by atoms with Gasteiger partial charge in [0, 0.05) is 47.8 Å². The number of nitrogens with zero attached hydrogens (tertiary/aromatic N) is 1. The van der Waals surface area contributed by atoms with Crippen molar-refractivity contribution in [3.05, 3.63) is 71.3 Å². The van der Waals surface area contributed by atoms with Gasteiger partial charge in [-0.1, -0.05) is 26.0 Å². The zero-order valence-electron chi connectivity index (χ0n) is 18.6. The number of anilines is 2. The van der Waals surface area contributed by atoms with E-state index in [1.54, 1.807) is 24.3 Å². The van der Waals surface area contributed by atoms with Crippen LogP contribution in [0.25, 0.3) is 0 Å². The lowest BCUT2D eigenvalue weighted by molar-refractivity contribution is -0.114. The van der Waals surface area contributed by atoms with E-state index in [0.29, 0.717) is 29.3 Å². The fraction of sp³-hybridized carbons (Fsp3) is 0.346. The fourth-order valence-electron chi connectivity index (χ4n) is 4.87. The summed E-state index contributed by atoms with van der Waals surface area (Å²) in [6.45, 7) is 6.32. The number of hydrogen-bond donors (Lipinski definition) is 3. The molecule has 32 heavy (non-hydrogen) atoms. The molecule has 1 heterocycles. The topological polar surface area (TPSA) is 94.0 Å². The van der Waals surface area contributed by atoms with Gasteiger partial charge >= 0.3 is 0 Å². The molecule has 3 N–H and O–H groups in total. The van der Waals surface area contributed by atoms with Crippen LogP contribution in [0.15, 0.2) is 54.6 Å². The van der Waals surface area contributed by atoms with Crippen molar-refractivity contribution in [1.82, 2.24) is 5.32 Å². The van der Waals surface area contributed by atoms with Gasteiger partial charge in [0.25, 0.3) is 5.91 Å². The molecule has 0 spiro atoms. The number of nitriles is 1. The molecule has 0 saturated carbocycles. The average Bonchev–Trinajstić information content (AvgIpc) is 3.27. The lowest BCUT2D eigenvalue weighted by Crippen LogP contribution is -2.51. The van der Waals surface area contributed by atoms with Crippen molar-refractivity contribution in [2.45, 2.75) is 39.2 Å². The summed E-state index contributed by atoms with van der Waals surface area (Å²) >= 11 is 0. The average molecular weight is 429 g/mol. The molecule has 0 bridgehead atoms. The summed E-state index contributed by atoms with van der Waals surface area (Å²) in [6, 6.07) is 15.1. The van der Waals surface area contributed by atoms with Crippen LogP contribution >= 0.6 is 0 Å². The van der Waals surface area contributed by atoms with Crippen LogP contribution in [0.1, 0.15) is 54.6 Å². The van der Waals surface area contributed by atoms with Crippen molar-refractivity contribution in [1.29, 1.82) is 5.26 Å². The highest BCUT2D eigenvalue weighted by Crippen LogP contribution is 2.48. The Bertz CT molecular complexity index is 1110. The van der Waals surface area contributed by atoms with E-state index in [1.807, 2.05) is 18.2 Å². The lowest BCUT2D eigenvalue weighted by atomic mass is 9.69. The molecular weight excluding hydrogens is 400 g/mol. The van der Waals surface area contributed by atoms with E-state index in [2.05, 4.69) is 48.0 Å². The molecule has 6 nitrogen and oxygen atoms in total. The molecule has 2 amide bonds. The van der Waals surface area contributed by atoms with E-state index in [0.717, 1.165) is 12.1 Å². The first-order valence-electron chi connectivity index (χ1n) is 10.9. The molecule has 2 aromatic rings. The van der Waals surface area contributed by atoms with E-state index >= 15 is 0 Å². The van der Waals surface area contributed by atoms with Gasteiger partial charge in [-0.15, -0.1) is 0 Å². The summed E-state index contributed by atoms with van der Waals surface area (Å²) in [5, 5.41) is 18.8. The second-order valence-corrected chi connectivity index (χ2v) is 9.32. The molecular formula is C26H28N4O2. The molecule has 164 valence electrons. The lowest BCUT2D eigenvalue weighted by Gasteiger charge is -2.45. The normalized spacial score (nSPS) is 21.0. The highest BCUT2D eigenvalue weighted by atomic mass is 16.2. The van der Waals surface area contributed by atoms with Crippen LogP contribution in [-0.2, 0) is 4.79 Å². The van der Waals surface area contributed by atoms with E-state index < -0.39 is 0 Å². The Balaban J connectivity index is 1.47. The maximum absolute atomic E-state index is 12.7. The number of allylic oxidation sites excluding steroid dienone is 2. The first-order chi connectivity index (χ1) is 15.3. The van der Waals surface area contributed by atoms with Crippen molar-refractivity contribution in [3.8, 4) is 6.07 Å². The first-order valence-corrected chi connectivity index (χ1v) is 10.9. The predicted molar refractivity (Wildman–Crippen MR) is 125 cm³/mol. The largest absolute Gasteiger partial charge is 0.381 e. The molecule has 2 aromatic carbocycles. The van der Waals surface area contributed by atoms with Crippen molar-refractivity contribution in [2.24, 2.45) is 11.3 Å². The molecule has 0 unspecified atom stereocenters. The number of nitrogens with one attached hydrogen (secondary N) is 3. The standard InChI is InChI=1S/C26H28N4O2/c1-16(31)29-19-10-8-18(9-11-19)25(32)28-15-26(2,3)24-21-6-4-5-20(21)22-13-17(14-27)7-12-23(22)30-24/h4-5,7-13,20-21,24,30H,6,15H2,1-3H3,(H,28,32)(H,29,31)/t20-,21+,24-/m0/s1. The third kappa shape index (κ3) is 4.24. The Labute approximate surface area is 188 Å². The first kappa shape index (κ1) is 21.6. The van der Waals surface area contributed by atoms with Crippen molar-refractivity contribution < 1.29 is 9.59 Å². The number of hydrogen-bond acceptors (Lipinski definition) is 4. The van der Waals surface area contributed by atoms with E-state index in [1.165, 1.54) is 12.5 Å². The maximum atomic E-state index is 12.7. The number of benzene rings is 2. The van der Waals surface area contributed by atoms with Gasteiger partial charge in [0.05, 0.1) is 11.6 Å². The second kappa shape index (κ2) is 8.51. The Morgan fingerprint density at radius 1 is 1.19 bits per heavy atom.